The Kier molecular flexibility index (Phi) is 15.6. The molecule has 52 heavy (non-hydrogen) atoms. The van der Waals surface area contributed by atoms with E-state index in [1.807, 2.05) is 0 Å². The minimum Gasteiger partial charge on any atom is -0.144 e. The molecule has 0 aliphatic carbocycles. The molecule has 0 heterocycles. The number of fused-ring (bicyclic) bond motifs is 4. The van der Waals surface area contributed by atoms with E-state index in [-0.39, 0.29) is 39.7 Å². The average Bonchev–Trinajstić information content (AvgIpc) is 3.77. The Morgan fingerprint density at radius 1 is 0.442 bits per heavy atom. The standard InChI is InChI=1S/C25H17.C21H17.2CH3.2ClH.Si.Zr/c1-2-8-18(9-3-1)23-14-7-12-20-16-21(17-25(20)23)24-15-6-11-19-10-4-5-13-22(19)24;1-14-12-20-15(2)10-11-19(21(20)13-14)18-9-5-7-16-6-3-4-8-17(16)18;;;;;;/h1-17H;3-13H,1-2H3;2*1H3;2*1H;;/q4*-1;;;;. The van der Waals surface area contributed by atoms with Crippen LogP contribution in [-0.2, 0) is 23.3 Å². The van der Waals surface area contributed by atoms with E-state index < -0.39 is 0 Å². The summed E-state index contributed by atoms with van der Waals surface area (Å²) in [6, 6.07) is 61.3. The largest absolute Gasteiger partial charge is 0.144 e. The Morgan fingerprint density at radius 3 is 1.63 bits per heavy atom. The fourth-order valence-electron chi connectivity index (χ4n) is 7.02. The molecule has 9 aromatic carbocycles. The molecule has 0 saturated carbocycles. The van der Waals surface area contributed by atoms with Gasteiger partial charge in [0.05, 0.1) is 0 Å². The molecule has 260 valence electrons. The average molecular weight is 809 g/mol. The van der Waals surface area contributed by atoms with E-state index in [2.05, 4.69) is 191 Å². The Bertz CT molecular complexity index is 2520. The second-order valence-corrected chi connectivity index (χ2v) is 12.3. The predicted octanol–water partition coefficient (Wildman–Crippen LogP) is 14.4. The molecule has 0 spiro atoms. The first-order chi connectivity index (χ1) is 23.6. The smallest absolute Gasteiger partial charge is 0.0253 e. The Hall–Kier alpha value is -4.04. The predicted molar refractivity (Wildman–Crippen MR) is 233 cm³/mol. The van der Waals surface area contributed by atoms with E-state index in [4.69, 9.17) is 0 Å². The summed E-state index contributed by atoms with van der Waals surface area (Å²) in [6.45, 7) is 7.42. The Labute approximate surface area is 338 Å². The summed E-state index contributed by atoms with van der Waals surface area (Å²) in [5.74, 6) is 0. The van der Waals surface area contributed by atoms with Crippen molar-refractivity contribution in [2.24, 2.45) is 0 Å². The minimum atomic E-state index is 0. The van der Waals surface area contributed by atoms with Gasteiger partial charge in [0.2, 0.25) is 0 Å². The van der Waals surface area contributed by atoms with Crippen LogP contribution in [0.2, 0.25) is 0 Å². The van der Waals surface area contributed by atoms with Gasteiger partial charge < -0.3 is 14.9 Å². The van der Waals surface area contributed by atoms with Crippen molar-refractivity contribution in [2.45, 2.75) is 13.8 Å². The van der Waals surface area contributed by atoms with E-state index >= 15 is 0 Å². The molecule has 0 aliphatic rings. The second-order valence-electron chi connectivity index (χ2n) is 12.3. The van der Waals surface area contributed by atoms with Gasteiger partial charge in [-0.05, 0) is 32.7 Å². The van der Waals surface area contributed by atoms with Crippen molar-refractivity contribution in [1.29, 1.82) is 0 Å². The molecule has 0 unspecified atom stereocenters. The molecule has 0 atom stereocenters. The van der Waals surface area contributed by atoms with Crippen molar-refractivity contribution in [1.82, 2.24) is 0 Å². The summed E-state index contributed by atoms with van der Waals surface area (Å²) in [7, 11) is 0. The van der Waals surface area contributed by atoms with Gasteiger partial charge in [0.25, 0.3) is 0 Å². The molecular weight excluding hydrogens is 767 g/mol. The topological polar surface area (TPSA) is 0 Å². The van der Waals surface area contributed by atoms with E-state index in [0.717, 1.165) is 0 Å². The third-order valence-corrected chi connectivity index (χ3v) is 9.27. The van der Waals surface area contributed by atoms with Crippen LogP contribution in [0.4, 0.5) is 0 Å². The van der Waals surface area contributed by atoms with Crippen molar-refractivity contribution >= 4 is 74.8 Å². The fraction of sp³-hybridized carbons (Fsp3) is 0.0417. The quantitative estimate of drug-likeness (QED) is 0.123. The third-order valence-electron chi connectivity index (χ3n) is 9.27. The first-order valence-corrected chi connectivity index (χ1v) is 20.5. The molecule has 9 rings (SSSR count). The summed E-state index contributed by atoms with van der Waals surface area (Å²) in [5, 5.41) is 10.6. The second kappa shape index (κ2) is 19.2. The molecule has 0 aliphatic heterocycles. The molecule has 0 N–H and O–H groups in total. The number of aryl methyl sites for hydroxylation is 2. The van der Waals surface area contributed by atoms with Crippen LogP contribution < -0.4 is 0 Å². The van der Waals surface area contributed by atoms with E-state index in [1.54, 1.807) is 0 Å². The number of benzene rings is 7. The molecule has 0 nitrogen and oxygen atoms in total. The van der Waals surface area contributed by atoms with Crippen molar-refractivity contribution in [3.63, 3.8) is 0 Å². The minimum absolute atomic E-state index is 0. The molecule has 0 bridgehead atoms. The molecule has 4 heteroatoms. The molecule has 2 radical (unpaired) electrons. The van der Waals surface area contributed by atoms with Gasteiger partial charge in [-0.2, -0.15) is 6.07 Å². The summed E-state index contributed by atoms with van der Waals surface area (Å²) in [6.07, 6.45) is 0. The molecule has 0 amide bonds. The van der Waals surface area contributed by atoms with Crippen LogP contribution in [0.25, 0.3) is 76.5 Å². The Morgan fingerprint density at radius 2 is 0.962 bits per heavy atom. The number of halogens is 2. The van der Waals surface area contributed by atoms with Crippen LogP contribution in [0.3, 0.4) is 0 Å². The van der Waals surface area contributed by atoms with E-state index in [1.165, 1.54) is 111 Å². The van der Waals surface area contributed by atoms with Crippen LogP contribution in [-0.4, -0.2) is 6.88 Å². The van der Waals surface area contributed by atoms with Crippen LogP contribution in [0.1, 0.15) is 11.1 Å². The monoisotopic (exact) mass is 806 g/mol. The van der Waals surface area contributed by atoms with E-state index in [9.17, 15) is 0 Å². The number of hydrogen-bond donors (Lipinski definition) is 0. The molecule has 0 saturated heterocycles. The Balaban J connectivity index is 0.000000252. The fourth-order valence-corrected chi connectivity index (χ4v) is 7.02. The zero-order valence-electron chi connectivity index (χ0n) is 30.0. The molecule has 0 fully saturated rings. The van der Waals surface area contributed by atoms with Gasteiger partial charge in [-0.25, -0.2) is 0 Å². The van der Waals surface area contributed by atoms with Crippen LogP contribution >= 0.6 is 24.8 Å². The summed E-state index contributed by atoms with van der Waals surface area (Å²) >= 11 is 1.36. The maximum Gasteiger partial charge on any atom is -0.0253 e. The third kappa shape index (κ3) is 8.43. The van der Waals surface area contributed by atoms with Crippen molar-refractivity contribution in [3.8, 4) is 33.4 Å². The normalized spacial score (nSPS) is 10.0. The van der Waals surface area contributed by atoms with E-state index in [0.29, 0.717) is 0 Å². The summed E-state index contributed by atoms with van der Waals surface area (Å²) in [4.78, 5) is 0. The van der Waals surface area contributed by atoms with Gasteiger partial charge in [-0.1, -0.05) is 164 Å². The van der Waals surface area contributed by atoms with Gasteiger partial charge in [-0.3, -0.25) is 0 Å². The molecule has 0 aromatic heterocycles. The number of hydrogen-bond acceptors (Lipinski definition) is 0. The van der Waals surface area contributed by atoms with Gasteiger partial charge in [0.1, 0.15) is 0 Å². The number of rotatable bonds is 3. The van der Waals surface area contributed by atoms with Gasteiger partial charge >= 0.3 is 30.2 Å². The maximum atomic E-state index is 3.06. The van der Waals surface area contributed by atoms with Crippen LogP contribution in [0, 0.1) is 28.7 Å². The van der Waals surface area contributed by atoms with Crippen LogP contribution in [0.15, 0.2) is 170 Å². The van der Waals surface area contributed by atoms with Crippen molar-refractivity contribution in [3.05, 3.63) is 196 Å². The SMILES string of the molecule is Cc1cc2c(-c3cccc4ccccc34)ccc(C)c2[cH-]1.Cl.Cl.[CH3-].[CH3-].[Si]=[Zr].c1ccc(-c2cccc3[cH-]c(-c4cccc5ccccc45)cc23)cc1. The summed E-state index contributed by atoms with van der Waals surface area (Å²) < 4.78 is 0. The first kappa shape index (κ1) is 42.4. The summed E-state index contributed by atoms with van der Waals surface area (Å²) in [5.41, 5.74) is 10.5. The van der Waals surface area contributed by atoms with Gasteiger partial charge in [0.15, 0.2) is 0 Å². The van der Waals surface area contributed by atoms with Crippen molar-refractivity contribution < 1.29 is 23.3 Å². The molecule has 9 aromatic rings. The molecular formula is C48H42Cl2SiZr-4. The zero-order chi connectivity index (χ0) is 33.0. The van der Waals surface area contributed by atoms with Crippen LogP contribution in [0.5, 0.6) is 0 Å². The first-order valence-electron chi connectivity index (χ1n) is 16.3. The zero-order valence-corrected chi connectivity index (χ0v) is 35.1. The van der Waals surface area contributed by atoms with Gasteiger partial charge in [0, 0.05) is 0 Å². The van der Waals surface area contributed by atoms with Crippen molar-refractivity contribution in [2.75, 3.05) is 0 Å². The van der Waals surface area contributed by atoms with Gasteiger partial charge in [-0.15, -0.1) is 93.4 Å². The maximum absolute atomic E-state index is 3.06.